The van der Waals surface area contributed by atoms with Gasteiger partial charge < -0.3 is 14.4 Å². The van der Waals surface area contributed by atoms with Crippen molar-refractivity contribution in [3.05, 3.63) is 83.9 Å². The van der Waals surface area contributed by atoms with E-state index in [1.54, 1.807) is 13.1 Å². The predicted octanol–water partition coefficient (Wildman–Crippen LogP) is 3.68. The van der Waals surface area contributed by atoms with E-state index < -0.39 is 5.60 Å². The SMILES string of the molecule is Cc1nccn1CC(C)(O)c1ccccc1OCc1ccccc1. The molecule has 0 spiro atoms. The van der Waals surface area contributed by atoms with Crippen molar-refractivity contribution in [2.75, 3.05) is 0 Å². The van der Waals surface area contributed by atoms with Crippen LogP contribution in [0.2, 0.25) is 0 Å². The Labute approximate surface area is 142 Å². The summed E-state index contributed by atoms with van der Waals surface area (Å²) in [7, 11) is 0. The molecule has 1 heterocycles. The molecule has 3 aromatic rings. The van der Waals surface area contributed by atoms with E-state index in [9.17, 15) is 5.11 Å². The van der Waals surface area contributed by atoms with Gasteiger partial charge in [-0.3, -0.25) is 0 Å². The predicted molar refractivity (Wildman–Crippen MR) is 93.8 cm³/mol. The van der Waals surface area contributed by atoms with Gasteiger partial charge in [0.05, 0.1) is 6.54 Å². The van der Waals surface area contributed by atoms with Crippen LogP contribution in [0, 0.1) is 6.92 Å². The molecule has 1 aromatic heterocycles. The Morgan fingerprint density at radius 2 is 1.79 bits per heavy atom. The lowest BCUT2D eigenvalue weighted by molar-refractivity contribution is 0.0344. The zero-order valence-electron chi connectivity index (χ0n) is 14.0. The van der Waals surface area contributed by atoms with Crippen LogP contribution in [0.3, 0.4) is 0 Å². The summed E-state index contributed by atoms with van der Waals surface area (Å²) in [4.78, 5) is 4.21. The summed E-state index contributed by atoms with van der Waals surface area (Å²) in [5.41, 5.74) is 0.810. The van der Waals surface area contributed by atoms with E-state index in [4.69, 9.17) is 4.74 Å². The number of benzene rings is 2. The summed E-state index contributed by atoms with van der Waals surface area (Å²) >= 11 is 0. The molecule has 2 aromatic carbocycles. The van der Waals surface area contributed by atoms with E-state index in [2.05, 4.69) is 4.98 Å². The zero-order chi connectivity index (χ0) is 17.0. The number of hydrogen-bond acceptors (Lipinski definition) is 3. The van der Waals surface area contributed by atoms with Crippen molar-refractivity contribution in [3.63, 3.8) is 0 Å². The maximum Gasteiger partial charge on any atom is 0.125 e. The normalized spacial score (nSPS) is 13.5. The Bertz CT molecular complexity index is 794. The second-order valence-corrected chi connectivity index (χ2v) is 6.15. The molecule has 0 saturated heterocycles. The summed E-state index contributed by atoms with van der Waals surface area (Å²) in [5, 5.41) is 11.0. The molecule has 0 aliphatic carbocycles. The Morgan fingerprint density at radius 3 is 2.50 bits per heavy atom. The minimum Gasteiger partial charge on any atom is -0.489 e. The molecule has 0 fully saturated rings. The Kier molecular flexibility index (Phi) is 4.67. The number of aliphatic hydroxyl groups is 1. The fourth-order valence-corrected chi connectivity index (χ4v) is 2.76. The van der Waals surface area contributed by atoms with Gasteiger partial charge in [-0.1, -0.05) is 48.5 Å². The van der Waals surface area contributed by atoms with Gasteiger partial charge in [0.2, 0.25) is 0 Å². The molecule has 1 N–H and O–H groups in total. The molecule has 0 aliphatic rings. The number of imidazole rings is 1. The molecule has 3 rings (SSSR count). The van der Waals surface area contributed by atoms with Crippen LogP contribution in [0.1, 0.15) is 23.9 Å². The highest BCUT2D eigenvalue weighted by molar-refractivity contribution is 5.38. The maximum absolute atomic E-state index is 11.0. The lowest BCUT2D eigenvalue weighted by Gasteiger charge is -2.27. The van der Waals surface area contributed by atoms with Crippen molar-refractivity contribution in [1.82, 2.24) is 9.55 Å². The second-order valence-electron chi connectivity index (χ2n) is 6.15. The van der Waals surface area contributed by atoms with Crippen molar-refractivity contribution < 1.29 is 9.84 Å². The fraction of sp³-hybridized carbons (Fsp3) is 0.250. The highest BCUT2D eigenvalue weighted by Gasteiger charge is 2.27. The van der Waals surface area contributed by atoms with Gasteiger partial charge in [-0.15, -0.1) is 0 Å². The minimum absolute atomic E-state index is 0.421. The smallest absolute Gasteiger partial charge is 0.125 e. The molecule has 1 atom stereocenters. The molecule has 1 unspecified atom stereocenters. The third-order valence-electron chi connectivity index (χ3n) is 4.11. The van der Waals surface area contributed by atoms with Crippen molar-refractivity contribution in [2.24, 2.45) is 0 Å². The van der Waals surface area contributed by atoms with Crippen molar-refractivity contribution in [2.45, 2.75) is 32.6 Å². The van der Waals surface area contributed by atoms with E-state index in [1.807, 2.05) is 72.3 Å². The summed E-state index contributed by atoms with van der Waals surface area (Å²) in [6.07, 6.45) is 3.61. The van der Waals surface area contributed by atoms with Crippen molar-refractivity contribution in [3.8, 4) is 5.75 Å². The van der Waals surface area contributed by atoms with Crippen LogP contribution in [-0.2, 0) is 18.8 Å². The molecule has 24 heavy (non-hydrogen) atoms. The van der Waals surface area contributed by atoms with Gasteiger partial charge in [0.25, 0.3) is 0 Å². The first kappa shape index (κ1) is 16.3. The first-order valence-electron chi connectivity index (χ1n) is 8.02. The number of hydrogen-bond donors (Lipinski definition) is 1. The number of aromatic nitrogens is 2. The molecule has 0 aliphatic heterocycles. The monoisotopic (exact) mass is 322 g/mol. The minimum atomic E-state index is -1.06. The molecule has 4 nitrogen and oxygen atoms in total. The molecule has 0 saturated carbocycles. The van der Waals surface area contributed by atoms with E-state index in [0.29, 0.717) is 18.9 Å². The van der Waals surface area contributed by atoms with Gasteiger partial charge in [0.15, 0.2) is 0 Å². The van der Waals surface area contributed by atoms with Gasteiger partial charge in [0, 0.05) is 18.0 Å². The van der Waals surface area contributed by atoms with Gasteiger partial charge in [-0.2, -0.15) is 0 Å². The topological polar surface area (TPSA) is 47.3 Å². The fourth-order valence-electron chi connectivity index (χ4n) is 2.76. The quantitative estimate of drug-likeness (QED) is 0.753. The van der Waals surface area contributed by atoms with Crippen molar-refractivity contribution >= 4 is 0 Å². The van der Waals surface area contributed by atoms with Crippen LogP contribution in [0.4, 0.5) is 0 Å². The molecule has 124 valence electrons. The third kappa shape index (κ3) is 3.66. The average molecular weight is 322 g/mol. The zero-order valence-corrected chi connectivity index (χ0v) is 14.0. The van der Waals surface area contributed by atoms with E-state index in [-0.39, 0.29) is 0 Å². The lowest BCUT2D eigenvalue weighted by atomic mass is 9.95. The van der Waals surface area contributed by atoms with Crippen LogP contribution in [0.15, 0.2) is 67.0 Å². The molecule has 0 bridgehead atoms. The van der Waals surface area contributed by atoms with Crippen LogP contribution >= 0.6 is 0 Å². The highest BCUT2D eigenvalue weighted by atomic mass is 16.5. The summed E-state index contributed by atoms with van der Waals surface area (Å²) in [5.74, 6) is 1.57. The highest BCUT2D eigenvalue weighted by Crippen LogP contribution is 2.32. The van der Waals surface area contributed by atoms with Gasteiger partial charge in [-0.25, -0.2) is 4.98 Å². The lowest BCUT2D eigenvalue weighted by Crippen LogP contribution is -2.28. The van der Waals surface area contributed by atoms with Crippen LogP contribution in [0.5, 0.6) is 5.75 Å². The largest absolute Gasteiger partial charge is 0.489 e. The summed E-state index contributed by atoms with van der Waals surface area (Å²) < 4.78 is 7.91. The van der Waals surface area contributed by atoms with Crippen LogP contribution in [0.25, 0.3) is 0 Å². The van der Waals surface area contributed by atoms with E-state index in [1.165, 1.54) is 0 Å². The van der Waals surface area contributed by atoms with Gasteiger partial charge in [-0.05, 0) is 25.5 Å². The second kappa shape index (κ2) is 6.89. The third-order valence-corrected chi connectivity index (χ3v) is 4.11. The van der Waals surface area contributed by atoms with E-state index in [0.717, 1.165) is 17.0 Å². The van der Waals surface area contributed by atoms with E-state index >= 15 is 0 Å². The Morgan fingerprint density at radius 1 is 1.08 bits per heavy atom. The first-order valence-corrected chi connectivity index (χ1v) is 8.02. The standard InChI is InChI=1S/C20H22N2O2/c1-16-21-12-13-22(16)15-20(2,23)18-10-6-7-11-19(18)24-14-17-8-4-3-5-9-17/h3-13,23H,14-15H2,1-2H3. The van der Waals surface area contributed by atoms with Crippen LogP contribution in [-0.4, -0.2) is 14.7 Å². The molecule has 0 amide bonds. The molecule has 0 radical (unpaired) electrons. The van der Waals surface area contributed by atoms with Crippen LogP contribution < -0.4 is 4.74 Å². The number of rotatable bonds is 6. The first-order chi connectivity index (χ1) is 11.6. The summed E-state index contributed by atoms with van der Waals surface area (Å²) in [6.45, 7) is 4.62. The molecular formula is C20H22N2O2. The number of para-hydroxylation sites is 1. The number of ether oxygens (including phenoxy) is 1. The molecular weight excluding hydrogens is 300 g/mol. The Balaban J connectivity index is 1.81. The maximum atomic E-state index is 11.0. The Hall–Kier alpha value is -2.59. The van der Waals surface area contributed by atoms with Gasteiger partial charge >= 0.3 is 0 Å². The summed E-state index contributed by atoms with van der Waals surface area (Å²) in [6, 6.07) is 17.6. The molecule has 4 heteroatoms. The number of nitrogens with zero attached hydrogens (tertiary/aromatic N) is 2. The van der Waals surface area contributed by atoms with Crippen molar-refractivity contribution in [1.29, 1.82) is 0 Å². The average Bonchev–Trinajstić information content (AvgIpc) is 2.98. The number of aryl methyl sites for hydroxylation is 1. The van der Waals surface area contributed by atoms with Gasteiger partial charge in [0.1, 0.15) is 23.8 Å².